The van der Waals surface area contributed by atoms with Crippen LogP contribution in [0.3, 0.4) is 0 Å². The number of carbonyl (C=O) groups is 1. The van der Waals surface area contributed by atoms with E-state index in [-0.39, 0.29) is 5.97 Å². The van der Waals surface area contributed by atoms with E-state index < -0.39 is 0 Å². The number of hydrogen-bond donors (Lipinski definition) is 0. The van der Waals surface area contributed by atoms with Crippen LogP contribution < -0.4 is 0 Å². The molecular weight excluding hydrogens is 256 g/mol. The summed E-state index contributed by atoms with van der Waals surface area (Å²) in [5, 5.41) is 4.41. The predicted octanol–water partition coefficient (Wildman–Crippen LogP) is 1.96. The Morgan fingerprint density at radius 2 is 2.05 bits per heavy atom. The lowest BCUT2D eigenvalue weighted by Crippen LogP contribution is -2.08. The van der Waals surface area contributed by atoms with Gasteiger partial charge in [-0.15, -0.1) is 5.10 Å². The van der Waals surface area contributed by atoms with Gasteiger partial charge in [0.1, 0.15) is 5.82 Å². The SMILES string of the molecule is CCOC(=O)c1ccc(-n2nc(CC)nc2CC)nc1. The van der Waals surface area contributed by atoms with Crippen molar-refractivity contribution in [1.29, 1.82) is 0 Å². The maximum atomic E-state index is 11.6. The van der Waals surface area contributed by atoms with E-state index in [0.29, 0.717) is 18.0 Å². The first-order valence-electron chi connectivity index (χ1n) is 6.77. The topological polar surface area (TPSA) is 69.9 Å². The Labute approximate surface area is 117 Å². The van der Waals surface area contributed by atoms with Gasteiger partial charge < -0.3 is 4.74 Å². The molecule has 0 aromatic carbocycles. The summed E-state index contributed by atoms with van der Waals surface area (Å²) in [5.74, 6) is 1.94. The standard InChI is InChI=1S/C14H18N4O2/c1-4-11-16-12(5-2)18(17-11)13-8-7-10(9-15-13)14(19)20-6-3/h7-9H,4-6H2,1-3H3. The lowest BCUT2D eigenvalue weighted by molar-refractivity contribution is 0.0526. The number of aryl methyl sites for hydroxylation is 2. The molecule has 2 heterocycles. The first-order valence-corrected chi connectivity index (χ1v) is 6.77. The molecule has 6 heteroatoms. The third-order valence-corrected chi connectivity index (χ3v) is 2.83. The minimum Gasteiger partial charge on any atom is -0.462 e. The molecule has 106 valence electrons. The summed E-state index contributed by atoms with van der Waals surface area (Å²) >= 11 is 0. The molecule has 2 aromatic heterocycles. The van der Waals surface area contributed by atoms with Crippen molar-refractivity contribution in [3.05, 3.63) is 35.5 Å². The third-order valence-electron chi connectivity index (χ3n) is 2.83. The molecule has 2 aromatic rings. The highest BCUT2D eigenvalue weighted by atomic mass is 16.5. The number of carbonyl (C=O) groups excluding carboxylic acids is 1. The number of aromatic nitrogens is 4. The summed E-state index contributed by atoms with van der Waals surface area (Å²) in [6.45, 7) is 6.15. The first kappa shape index (κ1) is 14.2. The Morgan fingerprint density at radius 1 is 1.25 bits per heavy atom. The molecule has 0 saturated heterocycles. The molecule has 0 atom stereocenters. The predicted molar refractivity (Wildman–Crippen MR) is 73.9 cm³/mol. The van der Waals surface area contributed by atoms with Crippen LogP contribution in [0, 0.1) is 0 Å². The summed E-state index contributed by atoms with van der Waals surface area (Å²) in [7, 11) is 0. The van der Waals surface area contributed by atoms with Gasteiger partial charge in [0, 0.05) is 19.0 Å². The number of esters is 1. The van der Waals surface area contributed by atoms with Gasteiger partial charge in [0.15, 0.2) is 11.6 Å². The Morgan fingerprint density at radius 3 is 2.60 bits per heavy atom. The van der Waals surface area contributed by atoms with Crippen molar-refractivity contribution in [2.24, 2.45) is 0 Å². The van der Waals surface area contributed by atoms with Crippen LogP contribution in [-0.4, -0.2) is 32.3 Å². The van der Waals surface area contributed by atoms with Gasteiger partial charge in [-0.3, -0.25) is 0 Å². The van der Waals surface area contributed by atoms with Crippen molar-refractivity contribution in [2.45, 2.75) is 33.6 Å². The normalized spacial score (nSPS) is 10.6. The fourth-order valence-electron chi connectivity index (χ4n) is 1.80. The number of hydrogen-bond acceptors (Lipinski definition) is 5. The third kappa shape index (κ3) is 2.84. The molecular formula is C14H18N4O2. The smallest absolute Gasteiger partial charge is 0.339 e. The van der Waals surface area contributed by atoms with Crippen LogP contribution in [0.15, 0.2) is 18.3 Å². The zero-order valence-corrected chi connectivity index (χ0v) is 12.0. The summed E-state index contributed by atoms with van der Waals surface area (Å²) in [4.78, 5) is 20.3. The first-order chi connectivity index (χ1) is 9.69. The van der Waals surface area contributed by atoms with Crippen molar-refractivity contribution < 1.29 is 9.53 Å². The molecule has 20 heavy (non-hydrogen) atoms. The molecule has 0 unspecified atom stereocenters. The van der Waals surface area contributed by atoms with Gasteiger partial charge in [0.25, 0.3) is 0 Å². The highest BCUT2D eigenvalue weighted by molar-refractivity contribution is 5.89. The van der Waals surface area contributed by atoms with Crippen LogP contribution in [0.2, 0.25) is 0 Å². The van der Waals surface area contributed by atoms with Crippen LogP contribution in [0.4, 0.5) is 0 Å². The molecule has 0 fully saturated rings. The highest BCUT2D eigenvalue weighted by Gasteiger charge is 2.12. The quantitative estimate of drug-likeness (QED) is 0.779. The average molecular weight is 274 g/mol. The number of rotatable bonds is 5. The van der Waals surface area contributed by atoms with Crippen molar-refractivity contribution in [2.75, 3.05) is 6.61 Å². The van der Waals surface area contributed by atoms with Crippen molar-refractivity contribution in [3.8, 4) is 5.82 Å². The van der Waals surface area contributed by atoms with Gasteiger partial charge in [-0.25, -0.2) is 14.8 Å². The second-order valence-corrected chi connectivity index (χ2v) is 4.19. The minimum absolute atomic E-state index is 0.351. The zero-order chi connectivity index (χ0) is 14.5. The summed E-state index contributed by atoms with van der Waals surface area (Å²) in [6.07, 6.45) is 3.05. The van der Waals surface area contributed by atoms with Gasteiger partial charge in [0.2, 0.25) is 0 Å². The van der Waals surface area contributed by atoms with E-state index in [1.165, 1.54) is 6.20 Å². The van der Waals surface area contributed by atoms with Gasteiger partial charge in [-0.2, -0.15) is 4.68 Å². The summed E-state index contributed by atoms with van der Waals surface area (Å²) in [6, 6.07) is 3.44. The molecule has 2 rings (SSSR count). The van der Waals surface area contributed by atoms with Gasteiger partial charge in [0.05, 0.1) is 12.2 Å². The number of nitrogens with zero attached hydrogens (tertiary/aromatic N) is 4. The van der Waals surface area contributed by atoms with Crippen LogP contribution in [0.1, 0.15) is 42.8 Å². The number of ether oxygens (including phenoxy) is 1. The molecule has 0 spiro atoms. The second-order valence-electron chi connectivity index (χ2n) is 4.19. The van der Waals surface area contributed by atoms with E-state index in [2.05, 4.69) is 15.1 Å². The lowest BCUT2D eigenvalue weighted by atomic mass is 10.3. The molecule has 0 radical (unpaired) electrons. The average Bonchev–Trinajstić information content (AvgIpc) is 2.91. The summed E-state index contributed by atoms with van der Waals surface area (Å²) in [5.41, 5.74) is 0.435. The molecule has 6 nitrogen and oxygen atoms in total. The van der Waals surface area contributed by atoms with E-state index in [1.54, 1.807) is 23.7 Å². The van der Waals surface area contributed by atoms with Crippen molar-refractivity contribution in [1.82, 2.24) is 19.7 Å². The van der Waals surface area contributed by atoms with Crippen LogP contribution in [0.25, 0.3) is 5.82 Å². The van der Waals surface area contributed by atoms with E-state index in [0.717, 1.165) is 24.5 Å². The van der Waals surface area contributed by atoms with E-state index in [1.807, 2.05) is 13.8 Å². The summed E-state index contributed by atoms with van der Waals surface area (Å²) < 4.78 is 6.64. The van der Waals surface area contributed by atoms with Crippen molar-refractivity contribution in [3.63, 3.8) is 0 Å². The molecule has 0 aliphatic rings. The zero-order valence-electron chi connectivity index (χ0n) is 12.0. The Kier molecular flexibility index (Phi) is 4.45. The molecule has 0 bridgehead atoms. The second kappa shape index (κ2) is 6.27. The Bertz CT molecular complexity index is 590. The fraction of sp³-hybridized carbons (Fsp3) is 0.429. The highest BCUT2D eigenvalue weighted by Crippen LogP contribution is 2.10. The molecule has 0 amide bonds. The van der Waals surface area contributed by atoms with Gasteiger partial charge >= 0.3 is 5.97 Å². The monoisotopic (exact) mass is 274 g/mol. The molecule has 0 saturated carbocycles. The largest absolute Gasteiger partial charge is 0.462 e. The van der Waals surface area contributed by atoms with Crippen LogP contribution >= 0.6 is 0 Å². The lowest BCUT2D eigenvalue weighted by Gasteiger charge is -2.05. The molecule has 0 aliphatic heterocycles. The Hall–Kier alpha value is -2.24. The van der Waals surface area contributed by atoms with Crippen LogP contribution in [-0.2, 0) is 17.6 Å². The molecule has 0 aliphatic carbocycles. The fourth-order valence-corrected chi connectivity index (χ4v) is 1.80. The van der Waals surface area contributed by atoms with Gasteiger partial charge in [-0.05, 0) is 19.1 Å². The molecule has 0 N–H and O–H groups in total. The van der Waals surface area contributed by atoms with E-state index in [9.17, 15) is 4.79 Å². The van der Waals surface area contributed by atoms with E-state index in [4.69, 9.17) is 4.74 Å². The maximum Gasteiger partial charge on any atom is 0.339 e. The van der Waals surface area contributed by atoms with Crippen molar-refractivity contribution >= 4 is 5.97 Å². The Balaban J connectivity index is 2.30. The number of pyridine rings is 1. The van der Waals surface area contributed by atoms with E-state index >= 15 is 0 Å². The minimum atomic E-state index is -0.366. The van der Waals surface area contributed by atoms with Crippen LogP contribution in [0.5, 0.6) is 0 Å². The maximum absolute atomic E-state index is 11.6. The van der Waals surface area contributed by atoms with Gasteiger partial charge in [-0.1, -0.05) is 13.8 Å².